The number of carbonyl (C=O) groups is 2. The maximum absolute atomic E-state index is 13.3. The average Bonchev–Trinajstić information content (AvgIpc) is 3.09. The summed E-state index contributed by atoms with van der Waals surface area (Å²) in [6, 6.07) is 0.0228. The summed E-state index contributed by atoms with van der Waals surface area (Å²) >= 11 is 1.57. The second-order valence-electron chi connectivity index (χ2n) is 11.7. The molecule has 33 heavy (non-hydrogen) atoms. The van der Waals surface area contributed by atoms with Crippen LogP contribution in [0.3, 0.4) is 0 Å². The summed E-state index contributed by atoms with van der Waals surface area (Å²) < 4.78 is 5.37. The van der Waals surface area contributed by atoms with Gasteiger partial charge in [-0.15, -0.1) is 11.3 Å². The number of carbonyl (C=O) groups excluding carboxylic acids is 2. The number of nitrogens with one attached hydrogen (secondary N) is 2. The Balaban J connectivity index is 1.29. The topological polar surface area (TPSA) is 67.4 Å². The van der Waals surface area contributed by atoms with Crippen LogP contribution < -0.4 is 10.6 Å². The molecule has 5 aliphatic rings. The lowest BCUT2D eigenvalue weighted by atomic mass is 9.48. The molecule has 2 N–H and O–H groups in total. The molecule has 182 valence electrons. The minimum absolute atomic E-state index is 0.0521. The standard InChI is InChI=1S/C27H40N2O3S/c1-5-32-26(31)23-21-7-6-15(2)8-22(21)33-25(23)29-24(30)16(3)28-17(4)27-12-18-9-19(13-27)11-20(10-18)14-27/h15-20,28H,5-14H2,1-4H3,(H,29,30)/t15-,16-,17+,18?,19?,20?,27?/m0/s1. The number of thiophene rings is 1. The van der Waals surface area contributed by atoms with Gasteiger partial charge in [0, 0.05) is 10.9 Å². The first kappa shape index (κ1) is 23.3. The first-order chi connectivity index (χ1) is 15.8. The van der Waals surface area contributed by atoms with Crippen molar-refractivity contribution in [3.05, 3.63) is 16.0 Å². The first-order valence-electron chi connectivity index (χ1n) is 13.2. The first-order valence-corrected chi connectivity index (χ1v) is 14.0. The Morgan fingerprint density at radius 3 is 2.36 bits per heavy atom. The zero-order valence-electron chi connectivity index (χ0n) is 20.7. The normalized spacial score (nSPS) is 33.9. The number of hydrogen-bond acceptors (Lipinski definition) is 5. The van der Waals surface area contributed by atoms with Crippen LogP contribution in [-0.2, 0) is 22.4 Å². The van der Waals surface area contributed by atoms with E-state index in [1.807, 2.05) is 13.8 Å². The molecule has 0 radical (unpaired) electrons. The molecule has 0 aliphatic heterocycles. The van der Waals surface area contributed by atoms with E-state index >= 15 is 0 Å². The fourth-order valence-corrected chi connectivity index (χ4v) is 9.22. The van der Waals surface area contributed by atoms with E-state index < -0.39 is 0 Å². The van der Waals surface area contributed by atoms with Gasteiger partial charge in [0.05, 0.1) is 18.2 Å². The van der Waals surface area contributed by atoms with E-state index in [0.29, 0.717) is 34.5 Å². The van der Waals surface area contributed by atoms with Crippen LogP contribution in [0.4, 0.5) is 5.00 Å². The monoisotopic (exact) mass is 472 g/mol. The Bertz CT molecular complexity index is 887. The van der Waals surface area contributed by atoms with Crippen LogP contribution in [-0.4, -0.2) is 30.6 Å². The van der Waals surface area contributed by atoms with Gasteiger partial charge in [0.1, 0.15) is 5.00 Å². The van der Waals surface area contributed by atoms with E-state index in [0.717, 1.165) is 42.6 Å². The summed E-state index contributed by atoms with van der Waals surface area (Å²) in [4.78, 5) is 27.3. The zero-order valence-corrected chi connectivity index (χ0v) is 21.5. The predicted molar refractivity (Wildman–Crippen MR) is 133 cm³/mol. The van der Waals surface area contributed by atoms with Crippen molar-refractivity contribution in [2.45, 2.75) is 97.6 Å². The minimum Gasteiger partial charge on any atom is -0.462 e. The van der Waals surface area contributed by atoms with Crippen molar-refractivity contribution in [3.8, 4) is 0 Å². The number of hydrogen-bond donors (Lipinski definition) is 2. The number of esters is 1. The molecule has 4 bridgehead atoms. The Morgan fingerprint density at radius 2 is 1.76 bits per heavy atom. The van der Waals surface area contributed by atoms with Crippen molar-refractivity contribution in [2.75, 3.05) is 11.9 Å². The third-order valence-electron chi connectivity index (χ3n) is 9.13. The lowest BCUT2D eigenvalue weighted by molar-refractivity contribution is -0.119. The van der Waals surface area contributed by atoms with Crippen molar-refractivity contribution in [1.29, 1.82) is 0 Å². The molecule has 6 rings (SSSR count). The molecule has 0 spiro atoms. The summed E-state index contributed by atoms with van der Waals surface area (Å²) in [7, 11) is 0. The number of rotatable bonds is 7. The Kier molecular flexibility index (Phi) is 6.36. The van der Waals surface area contributed by atoms with E-state index in [1.165, 1.54) is 43.4 Å². The highest BCUT2D eigenvalue weighted by Crippen LogP contribution is 2.61. The molecule has 0 unspecified atom stereocenters. The van der Waals surface area contributed by atoms with Gasteiger partial charge in [0.2, 0.25) is 5.91 Å². The molecule has 5 nitrogen and oxygen atoms in total. The van der Waals surface area contributed by atoms with Gasteiger partial charge < -0.3 is 15.4 Å². The molecule has 4 fully saturated rings. The van der Waals surface area contributed by atoms with E-state index in [-0.39, 0.29) is 17.9 Å². The molecule has 5 aliphatic carbocycles. The lowest BCUT2D eigenvalue weighted by Gasteiger charge is -2.59. The molecule has 4 saturated carbocycles. The molecular weight excluding hydrogens is 432 g/mol. The number of amides is 1. The maximum atomic E-state index is 13.3. The molecule has 0 saturated heterocycles. The predicted octanol–water partition coefficient (Wildman–Crippen LogP) is 5.57. The Hall–Kier alpha value is -1.40. The summed E-state index contributed by atoms with van der Waals surface area (Å²) in [5, 5.41) is 7.47. The number of ether oxygens (including phenoxy) is 1. The third-order valence-corrected chi connectivity index (χ3v) is 10.3. The van der Waals surface area contributed by atoms with Crippen molar-refractivity contribution >= 4 is 28.2 Å². The van der Waals surface area contributed by atoms with E-state index in [4.69, 9.17) is 4.74 Å². The average molecular weight is 473 g/mol. The molecule has 1 aromatic heterocycles. The molecule has 6 heteroatoms. The SMILES string of the molecule is CCOC(=O)c1c(NC(=O)[C@H](C)N[C@H](C)C23CC4CC(CC(C4)C2)C3)sc2c1CC[C@H](C)C2. The molecule has 1 heterocycles. The molecule has 1 aromatic rings. The van der Waals surface area contributed by atoms with Crippen molar-refractivity contribution in [1.82, 2.24) is 5.32 Å². The second-order valence-corrected chi connectivity index (χ2v) is 12.8. The quantitative estimate of drug-likeness (QED) is 0.509. The van der Waals surface area contributed by atoms with E-state index in [1.54, 1.807) is 11.3 Å². The van der Waals surface area contributed by atoms with Crippen LogP contribution in [0, 0.1) is 29.1 Å². The fourth-order valence-electron chi connectivity index (χ4n) is 7.81. The molecule has 3 atom stereocenters. The van der Waals surface area contributed by atoms with Gasteiger partial charge in [-0.05, 0) is 113 Å². The van der Waals surface area contributed by atoms with Crippen LogP contribution >= 0.6 is 11.3 Å². The molecule has 1 amide bonds. The molecular formula is C27H40N2O3S. The van der Waals surface area contributed by atoms with Gasteiger partial charge in [-0.3, -0.25) is 4.79 Å². The smallest absolute Gasteiger partial charge is 0.341 e. The number of anilines is 1. The van der Waals surface area contributed by atoms with Crippen molar-refractivity contribution in [2.24, 2.45) is 29.1 Å². The van der Waals surface area contributed by atoms with Crippen LogP contribution in [0.15, 0.2) is 0 Å². The van der Waals surface area contributed by atoms with Crippen LogP contribution in [0.5, 0.6) is 0 Å². The van der Waals surface area contributed by atoms with Gasteiger partial charge in [-0.2, -0.15) is 0 Å². The van der Waals surface area contributed by atoms with Gasteiger partial charge >= 0.3 is 5.97 Å². The highest BCUT2D eigenvalue weighted by molar-refractivity contribution is 7.17. The Morgan fingerprint density at radius 1 is 1.12 bits per heavy atom. The van der Waals surface area contributed by atoms with Crippen LogP contribution in [0.1, 0.15) is 93.4 Å². The molecule has 0 aromatic carbocycles. The van der Waals surface area contributed by atoms with Gasteiger partial charge in [-0.1, -0.05) is 6.92 Å². The van der Waals surface area contributed by atoms with Gasteiger partial charge in [0.15, 0.2) is 0 Å². The maximum Gasteiger partial charge on any atom is 0.341 e. The van der Waals surface area contributed by atoms with Crippen molar-refractivity contribution < 1.29 is 14.3 Å². The minimum atomic E-state index is -0.305. The fraction of sp³-hybridized carbons (Fsp3) is 0.778. The summed E-state index contributed by atoms with van der Waals surface area (Å²) in [6.45, 7) is 8.68. The largest absolute Gasteiger partial charge is 0.462 e. The lowest BCUT2D eigenvalue weighted by Crippen LogP contribution is -2.57. The highest BCUT2D eigenvalue weighted by Gasteiger charge is 2.53. The third kappa shape index (κ3) is 4.38. The van der Waals surface area contributed by atoms with Crippen LogP contribution in [0.2, 0.25) is 0 Å². The van der Waals surface area contributed by atoms with Gasteiger partial charge in [-0.25, -0.2) is 4.79 Å². The van der Waals surface area contributed by atoms with Gasteiger partial charge in [0.25, 0.3) is 0 Å². The highest BCUT2D eigenvalue weighted by atomic mass is 32.1. The van der Waals surface area contributed by atoms with E-state index in [2.05, 4.69) is 24.5 Å². The van der Waals surface area contributed by atoms with Crippen LogP contribution in [0.25, 0.3) is 0 Å². The summed E-state index contributed by atoms with van der Waals surface area (Å²) in [6.07, 6.45) is 11.2. The summed E-state index contributed by atoms with van der Waals surface area (Å²) in [5.41, 5.74) is 2.05. The second kappa shape index (κ2) is 8.99. The van der Waals surface area contributed by atoms with E-state index in [9.17, 15) is 9.59 Å². The zero-order chi connectivity index (χ0) is 23.3. The van der Waals surface area contributed by atoms with Crippen molar-refractivity contribution in [3.63, 3.8) is 0 Å². The summed E-state index contributed by atoms with van der Waals surface area (Å²) in [5.74, 6) is 2.95. The number of fused-ring (bicyclic) bond motifs is 1. The Labute approximate surface area is 202 Å².